The number of nitrogens with zero attached hydrogens (tertiary/aromatic N) is 3. The Morgan fingerprint density at radius 2 is 1.83 bits per heavy atom. The van der Waals surface area contributed by atoms with E-state index in [0.29, 0.717) is 31.4 Å². The van der Waals surface area contributed by atoms with E-state index < -0.39 is 11.6 Å². The summed E-state index contributed by atoms with van der Waals surface area (Å²) in [6.07, 6.45) is 7.05. The third-order valence-corrected chi connectivity index (χ3v) is 5.95. The molecule has 0 saturated heterocycles. The maximum Gasteiger partial charge on any atom is 0.349 e. The molecule has 1 saturated carbocycles. The van der Waals surface area contributed by atoms with Crippen molar-refractivity contribution in [3.05, 3.63) is 71.8 Å². The van der Waals surface area contributed by atoms with Gasteiger partial charge in [-0.1, -0.05) is 36.4 Å². The highest BCUT2D eigenvalue weighted by molar-refractivity contribution is 5.79. The molecule has 0 aliphatic heterocycles. The molecule has 0 N–H and O–H groups in total. The van der Waals surface area contributed by atoms with Gasteiger partial charge < -0.3 is 18.8 Å². The molecule has 182 valence electrons. The Hall–Kier alpha value is -3.79. The molecule has 0 amide bonds. The Labute approximate surface area is 206 Å². The fourth-order valence-electron chi connectivity index (χ4n) is 3.73. The van der Waals surface area contributed by atoms with Gasteiger partial charge in [0.1, 0.15) is 17.7 Å². The number of carbonyl (C=O) groups is 1. The predicted molar refractivity (Wildman–Crippen MR) is 131 cm³/mol. The Kier molecular flexibility index (Phi) is 7.40. The first-order chi connectivity index (χ1) is 16.9. The summed E-state index contributed by atoms with van der Waals surface area (Å²) >= 11 is 0. The maximum atomic E-state index is 12.0. The first kappa shape index (κ1) is 24.3. The highest BCUT2D eigenvalue weighted by Gasteiger charge is 2.31. The molecular formula is C28H31N3O4. The van der Waals surface area contributed by atoms with Gasteiger partial charge in [0.05, 0.1) is 13.2 Å². The highest BCUT2D eigenvalue weighted by Crippen LogP contribution is 2.40. The Bertz CT molecular complexity index is 1170. The normalized spacial score (nSPS) is 13.2. The van der Waals surface area contributed by atoms with E-state index in [0.717, 1.165) is 47.5 Å². The van der Waals surface area contributed by atoms with Crippen LogP contribution >= 0.6 is 0 Å². The predicted octanol–water partition coefficient (Wildman–Crippen LogP) is 5.47. The van der Waals surface area contributed by atoms with Crippen LogP contribution < -0.4 is 4.74 Å². The van der Waals surface area contributed by atoms with Gasteiger partial charge in [-0.15, -0.1) is 0 Å². The smallest absolute Gasteiger partial charge is 0.349 e. The molecule has 0 unspecified atom stereocenters. The van der Waals surface area contributed by atoms with Crippen LogP contribution in [0.15, 0.2) is 59.2 Å². The van der Waals surface area contributed by atoms with Gasteiger partial charge in [-0.2, -0.15) is 5.26 Å². The highest BCUT2D eigenvalue weighted by atomic mass is 16.6. The largest absolute Gasteiger partial charge is 0.476 e. The van der Waals surface area contributed by atoms with Crippen LogP contribution in [0.1, 0.15) is 56.5 Å². The van der Waals surface area contributed by atoms with Gasteiger partial charge in [0.15, 0.2) is 17.7 Å². The van der Waals surface area contributed by atoms with Gasteiger partial charge in [-0.25, -0.2) is 9.78 Å². The minimum absolute atomic E-state index is 0.312. The van der Waals surface area contributed by atoms with Crippen molar-refractivity contribution < 1.29 is 18.7 Å². The van der Waals surface area contributed by atoms with E-state index in [2.05, 4.69) is 11.2 Å². The van der Waals surface area contributed by atoms with Crippen molar-refractivity contribution in [3.63, 3.8) is 0 Å². The number of rotatable bonds is 11. The quantitative estimate of drug-likeness (QED) is 0.207. The zero-order valence-electron chi connectivity index (χ0n) is 20.5. The van der Waals surface area contributed by atoms with Crippen LogP contribution in [-0.4, -0.2) is 34.6 Å². The Morgan fingerprint density at radius 1 is 1.14 bits per heavy atom. The molecule has 0 bridgehead atoms. The molecule has 7 heteroatoms. The summed E-state index contributed by atoms with van der Waals surface area (Å²) in [6, 6.07) is 15.7. The zero-order valence-corrected chi connectivity index (χ0v) is 20.5. The number of hydrogen-bond acceptors (Lipinski definition) is 7. The van der Waals surface area contributed by atoms with E-state index in [9.17, 15) is 10.1 Å². The molecule has 1 aliphatic carbocycles. The lowest BCUT2D eigenvalue weighted by atomic mass is 10.1. The van der Waals surface area contributed by atoms with E-state index >= 15 is 0 Å². The molecule has 1 aliphatic rings. The van der Waals surface area contributed by atoms with Crippen LogP contribution in [0.3, 0.4) is 0 Å². The summed E-state index contributed by atoms with van der Waals surface area (Å²) in [6.45, 7) is 6.59. The van der Waals surface area contributed by atoms with Crippen LogP contribution in [0.2, 0.25) is 0 Å². The molecular weight excluding hydrogens is 442 g/mol. The average Bonchev–Trinajstić information content (AvgIpc) is 3.59. The van der Waals surface area contributed by atoms with Crippen LogP contribution in [0.5, 0.6) is 5.75 Å². The minimum Gasteiger partial charge on any atom is -0.476 e. The number of hydrogen-bond donors (Lipinski definition) is 0. The van der Waals surface area contributed by atoms with Crippen LogP contribution in [0.25, 0.3) is 11.3 Å². The van der Waals surface area contributed by atoms with E-state index in [4.69, 9.17) is 13.9 Å². The summed E-state index contributed by atoms with van der Waals surface area (Å²) in [7, 11) is 0. The molecule has 1 fully saturated rings. The molecule has 1 aromatic heterocycles. The topological polar surface area (TPSA) is 88.6 Å². The molecule has 0 radical (unpaired) electrons. The number of carbonyl (C=O) groups excluding carboxylic acids is 1. The monoisotopic (exact) mass is 473 g/mol. The van der Waals surface area contributed by atoms with Crippen molar-refractivity contribution in [1.29, 1.82) is 5.26 Å². The second-order valence-electron chi connectivity index (χ2n) is 9.29. The number of benzene rings is 2. The number of nitriles is 1. The first-order valence-electron chi connectivity index (χ1n) is 12.0. The molecule has 7 nitrogen and oxygen atoms in total. The SMILES string of the molecule is CCOC(=O)C(C)(C)Oc1ccc(CCN(C#N)Cc2ccc(-c3coc(C4CC4)n3)cc2)cc1. The Morgan fingerprint density at radius 3 is 2.46 bits per heavy atom. The summed E-state index contributed by atoms with van der Waals surface area (Å²) in [5.41, 5.74) is 2.96. The van der Waals surface area contributed by atoms with Gasteiger partial charge in [-0.05, 0) is 63.3 Å². The van der Waals surface area contributed by atoms with E-state index in [-0.39, 0.29) is 0 Å². The van der Waals surface area contributed by atoms with Gasteiger partial charge in [0, 0.05) is 18.0 Å². The molecule has 0 atom stereocenters. The summed E-state index contributed by atoms with van der Waals surface area (Å²) in [5, 5.41) is 9.62. The summed E-state index contributed by atoms with van der Waals surface area (Å²) in [5.74, 6) is 1.53. The molecule has 0 spiro atoms. The van der Waals surface area contributed by atoms with Crippen molar-refractivity contribution in [2.75, 3.05) is 13.2 Å². The molecule has 35 heavy (non-hydrogen) atoms. The van der Waals surface area contributed by atoms with Crippen molar-refractivity contribution in [3.8, 4) is 23.2 Å². The maximum absolute atomic E-state index is 12.0. The van der Waals surface area contributed by atoms with Crippen molar-refractivity contribution in [1.82, 2.24) is 9.88 Å². The lowest BCUT2D eigenvalue weighted by Crippen LogP contribution is -2.39. The second kappa shape index (κ2) is 10.6. The summed E-state index contributed by atoms with van der Waals surface area (Å²) < 4.78 is 16.5. The van der Waals surface area contributed by atoms with Crippen molar-refractivity contribution >= 4 is 5.97 Å². The van der Waals surface area contributed by atoms with Gasteiger partial charge >= 0.3 is 5.97 Å². The average molecular weight is 474 g/mol. The van der Waals surface area contributed by atoms with E-state index in [1.807, 2.05) is 48.5 Å². The Balaban J connectivity index is 1.28. The fraction of sp³-hybridized carbons (Fsp3) is 0.393. The summed E-state index contributed by atoms with van der Waals surface area (Å²) in [4.78, 5) is 18.4. The first-order valence-corrected chi connectivity index (χ1v) is 12.0. The third-order valence-electron chi connectivity index (χ3n) is 5.95. The van der Waals surface area contributed by atoms with Crippen LogP contribution in [0, 0.1) is 11.5 Å². The van der Waals surface area contributed by atoms with E-state index in [1.54, 1.807) is 31.9 Å². The van der Waals surface area contributed by atoms with Crippen molar-refractivity contribution in [2.45, 2.75) is 58.1 Å². The van der Waals surface area contributed by atoms with Crippen LogP contribution in [-0.2, 0) is 22.5 Å². The number of oxazole rings is 1. The zero-order chi connectivity index (χ0) is 24.8. The number of aromatic nitrogens is 1. The number of ether oxygens (including phenoxy) is 2. The van der Waals surface area contributed by atoms with Crippen molar-refractivity contribution in [2.24, 2.45) is 0 Å². The minimum atomic E-state index is -1.06. The van der Waals surface area contributed by atoms with E-state index in [1.165, 1.54) is 0 Å². The lowest BCUT2D eigenvalue weighted by molar-refractivity contribution is -0.158. The molecule has 3 aromatic rings. The van der Waals surface area contributed by atoms with Gasteiger partial charge in [0.2, 0.25) is 0 Å². The molecule has 1 heterocycles. The third kappa shape index (κ3) is 6.42. The van der Waals surface area contributed by atoms with Crippen LogP contribution in [0.4, 0.5) is 0 Å². The second-order valence-corrected chi connectivity index (χ2v) is 9.29. The van der Waals surface area contributed by atoms with Gasteiger partial charge in [0.25, 0.3) is 0 Å². The lowest BCUT2D eigenvalue weighted by Gasteiger charge is -2.24. The molecule has 2 aromatic carbocycles. The standard InChI is InChI=1S/C28H31N3O4/c1-4-33-27(32)28(2,3)35-24-13-7-20(8-14-24)15-16-31(19-29)17-21-5-9-22(10-6-21)25-18-34-26(30-25)23-11-12-23/h5-10,13-14,18,23H,4,11-12,15-17H2,1-3H3. The fourth-order valence-corrected chi connectivity index (χ4v) is 3.73. The molecule has 4 rings (SSSR count). The van der Waals surface area contributed by atoms with Gasteiger partial charge in [-0.3, -0.25) is 0 Å². The number of esters is 1.